The number of anilines is 1. The first-order chi connectivity index (χ1) is 12.8. The van der Waals surface area contributed by atoms with Crippen molar-refractivity contribution < 1.29 is 9.59 Å². The number of imidazole rings is 1. The molecule has 8 heteroatoms. The molecule has 1 N–H and O–H groups in total. The molecule has 0 aliphatic heterocycles. The van der Waals surface area contributed by atoms with Gasteiger partial charge in [-0.15, -0.1) is 11.3 Å². The molecule has 0 aliphatic rings. The number of amides is 1. The van der Waals surface area contributed by atoms with Gasteiger partial charge in [-0.25, -0.2) is 9.97 Å². The lowest BCUT2D eigenvalue weighted by Gasteiger charge is -2.08. The van der Waals surface area contributed by atoms with Gasteiger partial charge in [0.2, 0.25) is 5.78 Å². The fourth-order valence-electron chi connectivity index (χ4n) is 2.65. The van der Waals surface area contributed by atoms with E-state index in [1.165, 1.54) is 11.3 Å². The number of carbonyl (C=O) groups excluding carboxylic acids is 2. The Kier molecular flexibility index (Phi) is 5.72. The molecule has 0 aliphatic carbocycles. The number of hydrogen-bond donors (Lipinski definition) is 1. The molecule has 0 unspecified atom stereocenters. The molecule has 2 heterocycles. The number of hydrogen-bond acceptors (Lipinski definition) is 5. The molecule has 27 heavy (non-hydrogen) atoms. The third-order valence-electron chi connectivity index (χ3n) is 3.89. The second-order valence-corrected chi connectivity index (χ2v) is 8.23. The third kappa shape index (κ3) is 4.43. The molecule has 3 rings (SSSR count). The molecule has 2 aromatic heterocycles. The van der Waals surface area contributed by atoms with Gasteiger partial charge in [0.15, 0.2) is 10.3 Å². The number of ketones is 1. The first-order valence-corrected chi connectivity index (χ1v) is 9.63. The quantitative estimate of drug-likeness (QED) is 0.626. The fraction of sp³-hybridized carbons (Fsp3) is 0.263. The van der Waals surface area contributed by atoms with Crippen LogP contribution in [0, 0.1) is 5.92 Å². The largest absolute Gasteiger partial charge is 0.331 e. The van der Waals surface area contributed by atoms with Crippen molar-refractivity contribution in [2.45, 2.75) is 20.3 Å². The minimum atomic E-state index is -0.338. The Morgan fingerprint density at radius 2 is 2.11 bits per heavy atom. The van der Waals surface area contributed by atoms with Crippen LogP contribution in [0.4, 0.5) is 5.69 Å². The predicted octanol–water partition coefficient (Wildman–Crippen LogP) is 4.21. The van der Waals surface area contributed by atoms with Crippen LogP contribution in [0.5, 0.6) is 0 Å². The molecule has 0 radical (unpaired) electrons. The number of halogens is 1. The van der Waals surface area contributed by atoms with Gasteiger partial charge < -0.3 is 9.88 Å². The van der Waals surface area contributed by atoms with Crippen LogP contribution in [0.3, 0.4) is 0 Å². The van der Waals surface area contributed by atoms with Crippen molar-refractivity contribution in [3.63, 3.8) is 0 Å². The van der Waals surface area contributed by atoms with Gasteiger partial charge in [0.25, 0.3) is 5.91 Å². The Morgan fingerprint density at radius 1 is 1.33 bits per heavy atom. The molecule has 140 valence electrons. The van der Waals surface area contributed by atoms with Gasteiger partial charge in [0.1, 0.15) is 5.69 Å². The monoisotopic (exact) mass is 402 g/mol. The van der Waals surface area contributed by atoms with Crippen molar-refractivity contribution in [3.05, 3.63) is 63.1 Å². The van der Waals surface area contributed by atoms with Crippen LogP contribution < -0.4 is 5.32 Å². The van der Waals surface area contributed by atoms with Crippen molar-refractivity contribution in [3.8, 4) is 0 Å². The van der Waals surface area contributed by atoms with E-state index in [2.05, 4.69) is 29.1 Å². The first-order valence-electron chi connectivity index (χ1n) is 8.43. The lowest BCUT2D eigenvalue weighted by Crippen LogP contribution is -2.15. The Hall–Kier alpha value is -2.51. The number of aromatic nitrogens is 3. The summed E-state index contributed by atoms with van der Waals surface area (Å²) in [7, 11) is 1.76. The molecule has 1 amide bonds. The highest BCUT2D eigenvalue weighted by molar-refractivity contribution is 7.16. The van der Waals surface area contributed by atoms with Gasteiger partial charge in [-0.1, -0.05) is 37.6 Å². The standard InChI is InChI=1S/C19H19ClN4O2S/c1-11(2)9-14-15(23-19(20)27-14)18(26)22-13-6-4-5-12(10-13)16(25)17-21-7-8-24(17)3/h4-8,10-11H,9H2,1-3H3,(H,22,26). The van der Waals surface area contributed by atoms with E-state index in [1.54, 1.807) is 48.3 Å². The summed E-state index contributed by atoms with van der Waals surface area (Å²) in [6.07, 6.45) is 4.01. The van der Waals surface area contributed by atoms with E-state index in [0.717, 1.165) is 11.3 Å². The van der Waals surface area contributed by atoms with E-state index in [4.69, 9.17) is 11.6 Å². The summed E-state index contributed by atoms with van der Waals surface area (Å²) in [5.41, 5.74) is 1.29. The minimum Gasteiger partial charge on any atom is -0.331 e. The van der Waals surface area contributed by atoms with Gasteiger partial charge in [0, 0.05) is 35.6 Å². The summed E-state index contributed by atoms with van der Waals surface area (Å²) in [5.74, 6) is 0.168. The van der Waals surface area contributed by atoms with E-state index >= 15 is 0 Å². The van der Waals surface area contributed by atoms with E-state index in [-0.39, 0.29) is 11.7 Å². The molecular weight excluding hydrogens is 384 g/mol. The number of nitrogens with one attached hydrogen (secondary N) is 1. The lowest BCUT2D eigenvalue weighted by molar-refractivity contribution is 0.101. The van der Waals surface area contributed by atoms with Crippen LogP contribution in [-0.2, 0) is 13.5 Å². The highest BCUT2D eigenvalue weighted by atomic mass is 35.5. The Bertz CT molecular complexity index is 993. The summed E-state index contributed by atoms with van der Waals surface area (Å²) in [6, 6.07) is 6.76. The molecule has 0 saturated carbocycles. The number of nitrogens with zero attached hydrogens (tertiary/aromatic N) is 3. The fourth-order valence-corrected chi connectivity index (χ4v) is 4.01. The zero-order valence-electron chi connectivity index (χ0n) is 15.2. The number of benzene rings is 1. The number of aryl methyl sites for hydroxylation is 1. The maximum atomic E-state index is 12.7. The maximum Gasteiger partial charge on any atom is 0.275 e. The minimum absolute atomic E-state index is 0.212. The summed E-state index contributed by atoms with van der Waals surface area (Å²) in [5, 5.41) is 2.81. The third-order valence-corrected chi connectivity index (χ3v) is 5.07. The molecule has 0 bridgehead atoms. The van der Waals surface area contributed by atoms with E-state index in [0.29, 0.717) is 33.2 Å². The molecule has 0 atom stereocenters. The summed E-state index contributed by atoms with van der Waals surface area (Å²) in [6.45, 7) is 4.14. The van der Waals surface area contributed by atoms with Crippen LogP contribution in [0.2, 0.25) is 4.47 Å². The zero-order chi connectivity index (χ0) is 19.6. The van der Waals surface area contributed by atoms with Crippen molar-refractivity contribution in [1.29, 1.82) is 0 Å². The van der Waals surface area contributed by atoms with Crippen molar-refractivity contribution >= 4 is 40.3 Å². The number of thiazole rings is 1. The van der Waals surface area contributed by atoms with Crippen LogP contribution in [0.25, 0.3) is 0 Å². The molecule has 3 aromatic rings. The van der Waals surface area contributed by atoms with Gasteiger partial charge >= 0.3 is 0 Å². The highest BCUT2D eigenvalue weighted by Gasteiger charge is 2.19. The highest BCUT2D eigenvalue weighted by Crippen LogP contribution is 2.26. The Balaban J connectivity index is 1.82. The van der Waals surface area contributed by atoms with E-state index < -0.39 is 0 Å². The Morgan fingerprint density at radius 3 is 2.78 bits per heavy atom. The topological polar surface area (TPSA) is 76.9 Å². The summed E-state index contributed by atoms with van der Waals surface area (Å²) < 4.78 is 2.00. The SMILES string of the molecule is CC(C)Cc1sc(Cl)nc1C(=O)Nc1cccc(C(=O)c2nccn2C)c1. The molecule has 0 saturated heterocycles. The van der Waals surface area contributed by atoms with Crippen LogP contribution in [-0.4, -0.2) is 26.2 Å². The molecule has 0 fully saturated rings. The van der Waals surface area contributed by atoms with E-state index in [1.807, 2.05) is 0 Å². The van der Waals surface area contributed by atoms with Gasteiger partial charge in [-0.05, 0) is 24.5 Å². The second-order valence-electron chi connectivity index (χ2n) is 6.56. The van der Waals surface area contributed by atoms with Crippen LogP contribution in [0.15, 0.2) is 36.7 Å². The average molecular weight is 403 g/mol. The number of rotatable bonds is 6. The second kappa shape index (κ2) is 8.02. The zero-order valence-corrected chi connectivity index (χ0v) is 16.8. The lowest BCUT2D eigenvalue weighted by atomic mass is 10.1. The van der Waals surface area contributed by atoms with E-state index in [9.17, 15) is 9.59 Å². The van der Waals surface area contributed by atoms with Crippen molar-refractivity contribution in [2.24, 2.45) is 13.0 Å². The van der Waals surface area contributed by atoms with Crippen LogP contribution in [0.1, 0.15) is 45.4 Å². The molecule has 1 aromatic carbocycles. The molecular formula is C19H19ClN4O2S. The predicted molar refractivity (Wildman–Crippen MR) is 107 cm³/mol. The van der Waals surface area contributed by atoms with Gasteiger partial charge in [-0.3, -0.25) is 9.59 Å². The molecule has 0 spiro atoms. The van der Waals surface area contributed by atoms with Gasteiger partial charge in [-0.2, -0.15) is 0 Å². The van der Waals surface area contributed by atoms with Gasteiger partial charge in [0.05, 0.1) is 0 Å². The maximum absolute atomic E-state index is 12.7. The smallest absolute Gasteiger partial charge is 0.275 e. The van der Waals surface area contributed by atoms with Crippen molar-refractivity contribution in [1.82, 2.24) is 14.5 Å². The number of carbonyl (C=O) groups is 2. The normalized spacial score (nSPS) is 11.0. The summed E-state index contributed by atoms with van der Waals surface area (Å²) >= 11 is 7.33. The molecule has 6 nitrogen and oxygen atoms in total. The van der Waals surface area contributed by atoms with Crippen molar-refractivity contribution in [2.75, 3.05) is 5.32 Å². The Labute approximate surface area is 166 Å². The van der Waals surface area contributed by atoms with Crippen LogP contribution >= 0.6 is 22.9 Å². The first kappa shape index (κ1) is 19.3. The average Bonchev–Trinajstić information content (AvgIpc) is 3.19. The summed E-state index contributed by atoms with van der Waals surface area (Å²) in [4.78, 5) is 34.3.